The first kappa shape index (κ1) is 12.2. The second-order valence-corrected chi connectivity index (χ2v) is 5.32. The molecule has 0 atom stereocenters. The van der Waals surface area contributed by atoms with Crippen LogP contribution in [0.15, 0.2) is 35.9 Å². The molecular formula is C9H11ClN2O2S. The van der Waals surface area contributed by atoms with Gasteiger partial charge in [-0.2, -0.15) is 4.31 Å². The summed E-state index contributed by atoms with van der Waals surface area (Å²) in [6, 6.07) is 2.86. The Morgan fingerprint density at radius 2 is 2.27 bits per heavy atom. The number of nitrogens with zero attached hydrogens (tertiary/aromatic N) is 2. The number of hydrogen-bond donors (Lipinski definition) is 0. The van der Waals surface area contributed by atoms with Crippen LogP contribution in [-0.2, 0) is 10.0 Å². The normalized spacial score (nSPS) is 11.7. The smallest absolute Gasteiger partial charge is 0.243 e. The molecule has 1 heterocycles. The van der Waals surface area contributed by atoms with E-state index in [-0.39, 0.29) is 16.6 Å². The first-order chi connectivity index (χ1) is 6.98. The van der Waals surface area contributed by atoms with Crippen LogP contribution < -0.4 is 0 Å². The highest BCUT2D eigenvalue weighted by Crippen LogP contribution is 2.14. The summed E-state index contributed by atoms with van der Waals surface area (Å²) in [5.74, 6) is 0. The fourth-order valence-electron chi connectivity index (χ4n) is 0.975. The number of rotatable bonds is 4. The molecule has 0 saturated carbocycles. The van der Waals surface area contributed by atoms with Crippen molar-refractivity contribution >= 4 is 21.6 Å². The summed E-state index contributed by atoms with van der Waals surface area (Å²) in [6.45, 7) is 3.73. The third-order valence-corrected chi connectivity index (χ3v) is 3.83. The topological polar surface area (TPSA) is 50.3 Å². The van der Waals surface area contributed by atoms with Crippen LogP contribution >= 0.6 is 11.6 Å². The molecule has 15 heavy (non-hydrogen) atoms. The van der Waals surface area contributed by atoms with Crippen LogP contribution in [0.2, 0.25) is 5.15 Å². The van der Waals surface area contributed by atoms with Crippen molar-refractivity contribution in [2.75, 3.05) is 13.6 Å². The molecule has 6 heteroatoms. The lowest BCUT2D eigenvalue weighted by atomic mass is 10.5. The first-order valence-corrected chi connectivity index (χ1v) is 5.99. The summed E-state index contributed by atoms with van der Waals surface area (Å²) in [4.78, 5) is 3.84. The highest BCUT2D eigenvalue weighted by Gasteiger charge is 2.19. The average Bonchev–Trinajstić information content (AvgIpc) is 2.18. The van der Waals surface area contributed by atoms with Crippen molar-refractivity contribution in [3.05, 3.63) is 36.1 Å². The van der Waals surface area contributed by atoms with Crippen molar-refractivity contribution in [2.45, 2.75) is 4.90 Å². The van der Waals surface area contributed by atoms with Crippen LogP contribution in [0.1, 0.15) is 0 Å². The Morgan fingerprint density at radius 1 is 1.60 bits per heavy atom. The minimum atomic E-state index is -3.48. The zero-order valence-electron chi connectivity index (χ0n) is 8.22. The maximum Gasteiger partial charge on any atom is 0.244 e. The Balaban J connectivity index is 3.06. The molecule has 0 N–H and O–H groups in total. The molecule has 0 saturated heterocycles. The maximum absolute atomic E-state index is 11.8. The van der Waals surface area contributed by atoms with Gasteiger partial charge in [0.1, 0.15) is 10.0 Å². The highest BCUT2D eigenvalue weighted by molar-refractivity contribution is 7.89. The van der Waals surface area contributed by atoms with Gasteiger partial charge in [-0.3, -0.25) is 0 Å². The Morgan fingerprint density at radius 3 is 2.73 bits per heavy atom. The molecule has 0 aliphatic heterocycles. The fraction of sp³-hybridized carbons (Fsp3) is 0.222. The molecule has 1 aromatic rings. The summed E-state index contributed by atoms with van der Waals surface area (Å²) in [7, 11) is -2.00. The number of pyridine rings is 1. The van der Waals surface area contributed by atoms with Crippen LogP contribution in [0.5, 0.6) is 0 Å². The largest absolute Gasteiger partial charge is 0.244 e. The van der Waals surface area contributed by atoms with Gasteiger partial charge in [-0.05, 0) is 12.1 Å². The maximum atomic E-state index is 11.8. The standard InChI is InChI=1S/C9H11ClN2O2S/c1-3-6-12(2)15(13,14)8-4-5-9(10)11-7-8/h3-5,7H,1,6H2,2H3. The molecule has 1 rings (SSSR count). The van der Waals surface area contributed by atoms with Crippen LogP contribution in [0.4, 0.5) is 0 Å². The molecule has 0 amide bonds. The molecular weight excluding hydrogens is 236 g/mol. The van der Waals surface area contributed by atoms with Gasteiger partial charge in [-0.1, -0.05) is 17.7 Å². The van der Waals surface area contributed by atoms with Crippen LogP contribution in [0.25, 0.3) is 0 Å². The molecule has 0 bridgehead atoms. The molecule has 0 radical (unpaired) electrons. The van der Waals surface area contributed by atoms with Crippen molar-refractivity contribution in [3.63, 3.8) is 0 Å². The van der Waals surface area contributed by atoms with Gasteiger partial charge in [0.25, 0.3) is 0 Å². The van der Waals surface area contributed by atoms with E-state index < -0.39 is 10.0 Å². The zero-order valence-corrected chi connectivity index (χ0v) is 9.79. The van der Waals surface area contributed by atoms with Gasteiger partial charge in [0.05, 0.1) is 0 Å². The van der Waals surface area contributed by atoms with Crippen LogP contribution in [0, 0.1) is 0 Å². The zero-order chi connectivity index (χ0) is 11.5. The highest BCUT2D eigenvalue weighted by atomic mass is 35.5. The molecule has 0 aliphatic rings. The summed E-state index contributed by atoms with van der Waals surface area (Å²) < 4.78 is 24.8. The third-order valence-electron chi connectivity index (χ3n) is 1.79. The Hall–Kier alpha value is -0.910. The predicted octanol–water partition coefficient (Wildman–Crippen LogP) is 1.54. The first-order valence-electron chi connectivity index (χ1n) is 4.17. The molecule has 1 aromatic heterocycles. The number of likely N-dealkylation sites (N-methyl/N-ethyl adjacent to an activating group) is 1. The van der Waals surface area contributed by atoms with E-state index in [0.29, 0.717) is 0 Å². The molecule has 0 aromatic carbocycles. The van der Waals surface area contributed by atoms with Crippen molar-refractivity contribution in [1.82, 2.24) is 9.29 Å². The predicted molar refractivity (Wildman–Crippen MR) is 59.3 cm³/mol. The number of aromatic nitrogens is 1. The van der Waals surface area contributed by atoms with E-state index in [4.69, 9.17) is 11.6 Å². The molecule has 0 spiro atoms. The van der Waals surface area contributed by atoms with Gasteiger partial charge >= 0.3 is 0 Å². The third kappa shape index (κ3) is 2.77. The molecule has 0 fully saturated rings. The Kier molecular flexibility index (Phi) is 3.84. The van der Waals surface area contributed by atoms with Crippen molar-refractivity contribution < 1.29 is 8.42 Å². The summed E-state index contributed by atoms with van der Waals surface area (Å²) in [6.07, 6.45) is 2.75. The van der Waals surface area contributed by atoms with E-state index >= 15 is 0 Å². The van der Waals surface area contributed by atoms with Gasteiger partial charge in [-0.15, -0.1) is 6.58 Å². The van der Waals surface area contributed by atoms with E-state index in [1.54, 1.807) is 0 Å². The fourth-order valence-corrected chi connectivity index (χ4v) is 2.17. The van der Waals surface area contributed by atoms with Gasteiger partial charge in [-0.25, -0.2) is 13.4 Å². The van der Waals surface area contributed by atoms with Crippen molar-refractivity contribution in [1.29, 1.82) is 0 Å². The van der Waals surface area contributed by atoms with Gasteiger partial charge in [0, 0.05) is 19.8 Å². The van der Waals surface area contributed by atoms with Crippen molar-refractivity contribution in [3.8, 4) is 0 Å². The van der Waals surface area contributed by atoms with Gasteiger partial charge < -0.3 is 0 Å². The quantitative estimate of drug-likeness (QED) is 0.598. The van der Waals surface area contributed by atoms with E-state index in [2.05, 4.69) is 11.6 Å². The number of sulfonamides is 1. The number of hydrogen-bond acceptors (Lipinski definition) is 3. The average molecular weight is 247 g/mol. The SMILES string of the molecule is C=CCN(C)S(=O)(=O)c1ccc(Cl)nc1. The lowest BCUT2D eigenvalue weighted by Crippen LogP contribution is -2.27. The number of halogens is 1. The minimum Gasteiger partial charge on any atom is -0.243 e. The summed E-state index contributed by atoms with van der Waals surface area (Å²) in [5, 5.41) is 0.264. The van der Waals surface area contributed by atoms with Crippen LogP contribution in [-0.4, -0.2) is 31.3 Å². The van der Waals surface area contributed by atoms with Crippen molar-refractivity contribution in [2.24, 2.45) is 0 Å². The summed E-state index contributed by atoms with van der Waals surface area (Å²) >= 11 is 5.57. The molecule has 0 unspecified atom stereocenters. The van der Waals surface area contributed by atoms with Crippen LogP contribution in [0.3, 0.4) is 0 Å². The van der Waals surface area contributed by atoms with E-state index in [0.717, 1.165) is 0 Å². The van der Waals surface area contributed by atoms with E-state index in [1.165, 1.54) is 35.8 Å². The van der Waals surface area contributed by atoms with E-state index in [9.17, 15) is 8.42 Å². The lowest BCUT2D eigenvalue weighted by Gasteiger charge is -2.14. The van der Waals surface area contributed by atoms with E-state index in [1.807, 2.05) is 0 Å². The molecule has 0 aliphatic carbocycles. The lowest BCUT2D eigenvalue weighted by molar-refractivity contribution is 0.499. The molecule has 82 valence electrons. The second-order valence-electron chi connectivity index (χ2n) is 2.89. The monoisotopic (exact) mass is 246 g/mol. The summed E-state index contributed by atoms with van der Waals surface area (Å²) in [5.41, 5.74) is 0. The second kappa shape index (κ2) is 4.74. The molecule has 4 nitrogen and oxygen atoms in total. The van der Waals surface area contributed by atoms with Gasteiger partial charge in [0.15, 0.2) is 0 Å². The Bertz CT molecular complexity index is 442. The Labute approximate surface area is 94.2 Å². The minimum absolute atomic E-state index is 0.122. The van der Waals surface area contributed by atoms with Gasteiger partial charge in [0.2, 0.25) is 10.0 Å².